The Bertz CT molecular complexity index is 876. The third-order valence-electron chi connectivity index (χ3n) is 5.33. The van der Waals surface area contributed by atoms with Crippen molar-refractivity contribution in [1.82, 2.24) is 25.3 Å². The second-order valence-corrected chi connectivity index (χ2v) is 7.79. The molecule has 0 saturated carbocycles. The van der Waals surface area contributed by atoms with E-state index in [2.05, 4.69) is 46.9 Å². The van der Waals surface area contributed by atoms with Crippen LogP contribution in [0.4, 0.5) is 0 Å². The molecule has 0 fully saturated rings. The summed E-state index contributed by atoms with van der Waals surface area (Å²) < 4.78 is 1.83. The Morgan fingerprint density at radius 3 is 2.73 bits per heavy atom. The number of hydrogen-bond donors (Lipinski definition) is 2. The van der Waals surface area contributed by atoms with Gasteiger partial charge in [0.1, 0.15) is 0 Å². The lowest BCUT2D eigenvalue weighted by molar-refractivity contribution is -0.127. The summed E-state index contributed by atoms with van der Waals surface area (Å²) in [5.74, 6) is 0.694. The molecule has 0 saturated heterocycles. The molecule has 1 heterocycles. The smallest absolute Gasteiger partial charge is 0.241 e. The fourth-order valence-corrected chi connectivity index (χ4v) is 3.66. The fourth-order valence-electron chi connectivity index (χ4n) is 3.66. The van der Waals surface area contributed by atoms with Crippen LogP contribution in [0, 0.1) is 0 Å². The first-order valence-corrected chi connectivity index (χ1v) is 10.3. The van der Waals surface area contributed by atoms with Crippen LogP contribution in [-0.4, -0.2) is 53.2 Å². The van der Waals surface area contributed by atoms with E-state index < -0.39 is 0 Å². The summed E-state index contributed by atoms with van der Waals surface area (Å²) in [5.41, 5.74) is 5.00. The van der Waals surface area contributed by atoms with E-state index in [-0.39, 0.29) is 36.4 Å². The van der Waals surface area contributed by atoms with Crippen molar-refractivity contribution in [2.24, 2.45) is 12.0 Å². The van der Waals surface area contributed by atoms with Gasteiger partial charge in [-0.1, -0.05) is 31.2 Å². The highest BCUT2D eigenvalue weighted by atomic mass is 127. The second-order valence-electron chi connectivity index (χ2n) is 7.79. The minimum atomic E-state index is 0. The van der Waals surface area contributed by atoms with E-state index in [9.17, 15) is 4.79 Å². The number of likely N-dealkylation sites (N-methyl/N-ethyl adjacent to an activating group) is 1. The quantitative estimate of drug-likeness (QED) is 0.346. The van der Waals surface area contributed by atoms with Gasteiger partial charge in [-0.05, 0) is 36.8 Å². The van der Waals surface area contributed by atoms with Crippen molar-refractivity contribution in [2.75, 3.05) is 20.6 Å². The monoisotopic (exact) mass is 524 g/mol. The maximum atomic E-state index is 12.0. The van der Waals surface area contributed by atoms with Crippen molar-refractivity contribution in [3.05, 3.63) is 52.8 Å². The van der Waals surface area contributed by atoms with Gasteiger partial charge in [0.05, 0.1) is 18.8 Å². The molecular weight excluding hydrogens is 491 g/mol. The number of benzene rings is 1. The van der Waals surface area contributed by atoms with E-state index in [1.54, 1.807) is 19.0 Å². The Morgan fingerprint density at radius 2 is 2.03 bits per heavy atom. The molecule has 164 valence electrons. The molecule has 1 unspecified atom stereocenters. The summed E-state index contributed by atoms with van der Waals surface area (Å²) >= 11 is 0. The van der Waals surface area contributed by atoms with Crippen LogP contribution in [0.5, 0.6) is 0 Å². The van der Waals surface area contributed by atoms with Crippen molar-refractivity contribution in [2.45, 2.75) is 45.2 Å². The number of nitrogens with one attached hydrogen (secondary N) is 2. The number of hydrogen-bond acceptors (Lipinski definition) is 3. The van der Waals surface area contributed by atoms with Crippen LogP contribution < -0.4 is 10.6 Å². The molecule has 30 heavy (non-hydrogen) atoms. The van der Waals surface area contributed by atoms with E-state index in [0.717, 1.165) is 36.9 Å². The van der Waals surface area contributed by atoms with Crippen LogP contribution in [0.3, 0.4) is 0 Å². The number of carbonyl (C=O) groups excluding carboxylic acids is 1. The molecule has 1 aromatic carbocycles. The number of aliphatic imine (C=N–C) groups is 1. The summed E-state index contributed by atoms with van der Waals surface area (Å²) in [7, 11) is 5.45. The molecule has 1 atom stereocenters. The van der Waals surface area contributed by atoms with Crippen LogP contribution >= 0.6 is 24.0 Å². The van der Waals surface area contributed by atoms with Crippen molar-refractivity contribution < 1.29 is 4.79 Å². The Labute approximate surface area is 196 Å². The Balaban J connectivity index is 0.00000320. The number of guanidine groups is 1. The first kappa shape index (κ1) is 24.2. The average molecular weight is 524 g/mol. The van der Waals surface area contributed by atoms with Gasteiger partial charge in [0.25, 0.3) is 0 Å². The number of rotatable bonds is 6. The predicted octanol–water partition coefficient (Wildman–Crippen LogP) is 2.28. The first-order valence-electron chi connectivity index (χ1n) is 10.3. The van der Waals surface area contributed by atoms with Gasteiger partial charge >= 0.3 is 0 Å². The van der Waals surface area contributed by atoms with Crippen molar-refractivity contribution >= 4 is 35.8 Å². The number of aromatic nitrogens is 2. The lowest BCUT2D eigenvalue weighted by atomic mass is 9.88. The highest BCUT2D eigenvalue weighted by Crippen LogP contribution is 2.21. The topological polar surface area (TPSA) is 74.5 Å². The van der Waals surface area contributed by atoms with E-state index in [0.29, 0.717) is 18.5 Å². The maximum Gasteiger partial charge on any atom is 0.241 e. The highest BCUT2D eigenvalue weighted by Gasteiger charge is 2.19. The van der Waals surface area contributed by atoms with Crippen molar-refractivity contribution in [3.63, 3.8) is 0 Å². The van der Waals surface area contributed by atoms with Gasteiger partial charge in [-0.15, -0.1) is 24.0 Å². The summed E-state index contributed by atoms with van der Waals surface area (Å²) in [6.07, 6.45) is 5.96. The zero-order valence-corrected chi connectivity index (χ0v) is 20.6. The van der Waals surface area contributed by atoms with Crippen LogP contribution in [0.15, 0.2) is 35.5 Å². The van der Waals surface area contributed by atoms with Gasteiger partial charge in [0, 0.05) is 38.9 Å². The van der Waals surface area contributed by atoms with Gasteiger partial charge in [-0.25, -0.2) is 4.99 Å². The Kier molecular flexibility index (Phi) is 9.13. The normalized spacial score (nSPS) is 15.7. The van der Waals surface area contributed by atoms with E-state index >= 15 is 0 Å². The predicted molar refractivity (Wildman–Crippen MR) is 131 cm³/mol. The molecule has 8 heteroatoms. The lowest BCUT2D eigenvalue weighted by Crippen LogP contribution is -2.48. The first-order chi connectivity index (χ1) is 14.0. The van der Waals surface area contributed by atoms with Crippen LogP contribution in [0.1, 0.15) is 35.7 Å². The second kappa shape index (κ2) is 11.3. The SMILES string of the molecule is CCc1nn(C)cc1CN=C(NCC(=O)N(C)C)NC1CCc2ccccc2C1.I. The number of halogens is 1. The minimum absolute atomic E-state index is 0. The third-order valence-corrected chi connectivity index (χ3v) is 5.33. The molecule has 0 bridgehead atoms. The molecule has 1 amide bonds. The molecule has 1 aliphatic rings. The Morgan fingerprint density at radius 1 is 1.30 bits per heavy atom. The molecule has 0 aliphatic heterocycles. The summed E-state index contributed by atoms with van der Waals surface area (Å²) in [6.45, 7) is 2.85. The lowest BCUT2D eigenvalue weighted by Gasteiger charge is -2.27. The molecule has 1 aliphatic carbocycles. The average Bonchev–Trinajstić information content (AvgIpc) is 3.09. The molecular formula is C22H33IN6O. The van der Waals surface area contributed by atoms with Gasteiger partial charge in [0.15, 0.2) is 5.96 Å². The molecule has 3 rings (SSSR count). The fraction of sp³-hybridized carbons (Fsp3) is 0.500. The standard InChI is InChI=1S/C22H32N6O.HI/c1-5-20-18(15-28(4)26-20)13-23-22(24-14-21(29)27(2)3)25-19-11-10-16-8-6-7-9-17(16)12-19;/h6-9,15,19H,5,10-14H2,1-4H3,(H2,23,24,25);1H. The van der Waals surface area contributed by atoms with Gasteiger partial charge < -0.3 is 15.5 Å². The summed E-state index contributed by atoms with van der Waals surface area (Å²) in [6, 6.07) is 8.91. The molecule has 1 aromatic heterocycles. The highest BCUT2D eigenvalue weighted by molar-refractivity contribution is 14.0. The van der Waals surface area contributed by atoms with Crippen molar-refractivity contribution in [3.8, 4) is 0 Å². The van der Waals surface area contributed by atoms with Crippen LogP contribution in [-0.2, 0) is 37.6 Å². The summed E-state index contributed by atoms with van der Waals surface area (Å²) in [5, 5.41) is 11.2. The van der Waals surface area contributed by atoms with E-state index in [4.69, 9.17) is 4.99 Å². The number of amides is 1. The van der Waals surface area contributed by atoms with Crippen molar-refractivity contribution in [1.29, 1.82) is 0 Å². The largest absolute Gasteiger partial charge is 0.353 e. The van der Waals surface area contributed by atoms with Gasteiger partial charge in [0.2, 0.25) is 5.91 Å². The molecule has 0 spiro atoms. The van der Waals surface area contributed by atoms with Gasteiger partial charge in [-0.3, -0.25) is 9.48 Å². The number of nitrogens with zero attached hydrogens (tertiary/aromatic N) is 4. The third kappa shape index (κ3) is 6.45. The zero-order chi connectivity index (χ0) is 20.8. The summed E-state index contributed by atoms with van der Waals surface area (Å²) in [4.78, 5) is 18.4. The number of aryl methyl sites for hydroxylation is 3. The molecule has 2 N–H and O–H groups in total. The molecule has 0 radical (unpaired) electrons. The number of fused-ring (bicyclic) bond motifs is 1. The minimum Gasteiger partial charge on any atom is -0.353 e. The molecule has 7 nitrogen and oxygen atoms in total. The van der Waals surface area contributed by atoms with Crippen LogP contribution in [0.25, 0.3) is 0 Å². The molecule has 2 aromatic rings. The zero-order valence-electron chi connectivity index (χ0n) is 18.3. The van der Waals surface area contributed by atoms with Crippen LogP contribution in [0.2, 0.25) is 0 Å². The Hall–Kier alpha value is -2.10. The van der Waals surface area contributed by atoms with E-state index in [1.807, 2.05) is 17.9 Å². The maximum absolute atomic E-state index is 12.0. The van der Waals surface area contributed by atoms with E-state index in [1.165, 1.54) is 11.1 Å². The number of carbonyl (C=O) groups is 1. The van der Waals surface area contributed by atoms with Gasteiger partial charge in [-0.2, -0.15) is 5.10 Å².